The van der Waals surface area contributed by atoms with Gasteiger partial charge in [-0.2, -0.15) is 12.6 Å². The molecule has 0 rings (SSSR count). The maximum Gasteiger partial charge on any atom is 0.310 e. The molecular formula is C32H68O7S. The summed E-state index contributed by atoms with van der Waals surface area (Å²) in [7, 11) is 4.85. The van der Waals surface area contributed by atoms with Crippen LogP contribution in [0.25, 0.3) is 0 Å². The van der Waals surface area contributed by atoms with E-state index in [9.17, 15) is 0 Å². The second kappa shape index (κ2) is 29.2. The Labute approximate surface area is 254 Å². The van der Waals surface area contributed by atoms with Crippen LogP contribution in [0.3, 0.4) is 0 Å². The molecule has 0 N–H and O–H groups in total. The zero-order valence-electron chi connectivity index (χ0n) is 27.9. The van der Waals surface area contributed by atoms with E-state index >= 15 is 0 Å². The van der Waals surface area contributed by atoms with Gasteiger partial charge in [-0.15, -0.1) is 0 Å². The number of thiol groups is 1. The second-order valence-electron chi connectivity index (χ2n) is 10.1. The normalized spacial score (nSPS) is 13.7. The number of ether oxygens (including phenoxy) is 7. The number of hydrogen-bond donors (Lipinski definition) is 1. The Morgan fingerprint density at radius 1 is 0.500 bits per heavy atom. The van der Waals surface area contributed by atoms with Crippen molar-refractivity contribution in [3.63, 3.8) is 0 Å². The van der Waals surface area contributed by atoms with E-state index in [0.29, 0.717) is 32.2 Å². The molecular weight excluding hydrogens is 528 g/mol. The van der Waals surface area contributed by atoms with Gasteiger partial charge in [-0.25, -0.2) is 0 Å². The van der Waals surface area contributed by atoms with E-state index in [1.54, 1.807) is 21.3 Å². The predicted octanol–water partition coefficient (Wildman–Crippen LogP) is 8.78. The van der Waals surface area contributed by atoms with Gasteiger partial charge in [0, 0.05) is 59.4 Å². The van der Waals surface area contributed by atoms with Crippen LogP contribution in [0.1, 0.15) is 131 Å². The summed E-state index contributed by atoms with van der Waals surface area (Å²) in [6, 6.07) is 0. The third-order valence-electron chi connectivity index (χ3n) is 7.10. The van der Waals surface area contributed by atoms with E-state index in [4.69, 9.17) is 33.2 Å². The molecule has 40 heavy (non-hydrogen) atoms. The second-order valence-corrected chi connectivity index (χ2v) is 10.4. The summed E-state index contributed by atoms with van der Waals surface area (Å²) in [6.45, 7) is 14.6. The lowest BCUT2D eigenvalue weighted by molar-refractivity contribution is -0.415. The Morgan fingerprint density at radius 2 is 0.900 bits per heavy atom. The molecule has 0 spiro atoms. The van der Waals surface area contributed by atoms with Crippen molar-refractivity contribution < 1.29 is 33.2 Å². The Bertz CT molecular complexity index is 480. The van der Waals surface area contributed by atoms with Crippen molar-refractivity contribution in [2.75, 3.05) is 53.5 Å². The van der Waals surface area contributed by atoms with Gasteiger partial charge in [0.15, 0.2) is 0 Å². The molecule has 2 atom stereocenters. The fraction of sp³-hybridized carbons (Fsp3) is 1.00. The van der Waals surface area contributed by atoms with E-state index in [-0.39, 0.29) is 12.0 Å². The average Bonchev–Trinajstić information content (AvgIpc) is 2.96. The molecule has 0 amide bonds. The van der Waals surface area contributed by atoms with Crippen molar-refractivity contribution in [3.8, 4) is 0 Å². The van der Waals surface area contributed by atoms with Gasteiger partial charge in [0.25, 0.3) is 5.97 Å². The van der Waals surface area contributed by atoms with Gasteiger partial charge in [0.05, 0.1) is 0 Å². The molecule has 7 nitrogen and oxygen atoms in total. The SMILES string of the molecule is CCCCCCCCC(CS)C(OC)(OC)OC.CCCCCCCCC(OCC)C(OCC)(OCC)OCC. The molecule has 0 aliphatic rings. The topological polar surface area (TPSA) is 64.6 Å². The highest BCUT2D eigenvalue weighted by molar-refractivity contribution is 7.80. The van der Waals surface area contributed by atoms with E-state index in [0.717, 1.165) is 19.3 Å². The Morgan fingerprint density at radius 3 is 1.25 bits per heavy atom. The Hall–Kier alpha value is 0.0700. The number of hydrogen-bond acceptors (Lipinski definition) is 8. The molecule has 8 heteroatoms. The van der Waals surface area contributed by atoms with Gasteiger partial charge >= 0.3 is 5.97 Å². The minimum absolute atomic E-state index is 0.159. The van der Waals surface area contributed by atoms with E-state index in [1.165, 1.54) is 70.6 Å². The minimum atomic E-state index is -1.06. The van der Waals surface area contributed by atoms with Gasteiger partial charge in [-0.05, 0) is 40.5 Å². The van der Waals surface area contributed by atoms with Crippen LogP contribution in [0.2, 0.25) is 0 Å². The molecule has 0 heterocycles. The largest absolute Gasteiger partial charge is 0.370 e. The lowest BCUT2D eigenvalue weighted by atomic mass is 9.99. The maximum atomic E-state index is 5.92. The van der Waals surface area contributed by atoms with Gasteiger partial charge in [-0.3, -0.25) is 0 Å². The van der Waals surface area contributed by atoms with Crippen LogP contribution in [0.5, 0.6) is 0 Å². The van der Waals surface area contributed by atoms with Crippen molar-refractivity contribution in [1.82, 2.24) is 0 Å². The molecule has 0 bridgehead atoms. The highest BCUT2D eigenvalue weighted by atomic mass is 32.1. The Kier molecular flexibility index (Phi) is 30.8. The molecule has 0 aromatic rings. The van der Waals surface area contributed by atoms with Gasteiger partial charge in [0.1, 0.15) is 6.10 Å². The Balaban J connectivity index is 0. The summed E-state index contributed by atoms with van der Waals surface area (Å²) in [4.78, 5) is 0. The summed E-state index contributed by atoms with van der Waals surface area (Å²) in [5.41, 5.74) is 0. The number of unbranched alkanes of at least 4 members (excludes halogenated alkanes) is 10. The summed E-state index contributed by atoms with van der Waals surface area (Å²) >= 11 is 4.39. The first-order chi connectivity index (χ1) is 19.4. The standard InChI is InChI=1S/C18H38O4.C14H30O3S/c1-6-11-12-13-14-15-16-17(19-7-2)18(20-8-3,21-9-4)22-10-5;1-5-6-7-8-9-10-11-13(12-18)14(15-2,16-3)17-4/h17H,6-16H2,1-5H3;13,18H,5-12H2,1-4H3. The van der Waals surface area contributed by atoms with Crippen LogP contribution in [0, 0.1) is 5.92 Å². The molecule has 0 radical (unpaired) electrons. The third kappa shape index (κ3) is 17.9. The lowest BCUT2D eigenvalue weighted by Gasteiger charge is -2.38. The number of methoxy groups -OCH3 is 3. The van der Waals surface area contributed by atoms with E-state index in [1.807, 2.05) is 27.7 Å². The minimum Gasteiger partial charge on any atom is -0.370 e. The molecule has 0 aliphatic heterocycles. The highest BCUT2D eigenvalue weighted by Crippen LogP contribution is 2.30. The first-order valence-electron chi connectivity index (χ1n) is 16.2. The van der Waals surface area contributed by atoms with Crippen LogP contribution in [-0.4, -0.2) is 71.6 Å². The molecule has 0 aliphatic carbocycles. The van der Waals surface area contributed by atoms with Gasteiger partial charge < -0.3 is 33.2 Å². The quantitative estimate of drug-likeness (QED) is 0.0550. The van der Waals surface area contributed by atoms with Crippen LogP contribution in [0.4, 0.5) is 0 Å². The van der Waals surface area contributed by atoms with Crippen LogP contribution < -0.4 is 0 Å². The van der Waals surface area contributed by atoms with Crippen molar-refractivity contribution in [1.29, 1.82) is 0 Å². The summed E-state index contributed by atoms with van der Waals surface area (Å²) in [5.74, 6) is -1.14. The smallest absolute Gasteiger partial charge is 0.310 e. The maximum absolute atomic E-state index is 5.92. The van der Waals surface area contributed by atoms with Crippen LogP contribution in [-0.2, 0) is 33.2 Å². The van der Waals surface area contributed by atoms with Crippen molar-refractivity contribution in [2.24, 2.45) is 5.92 Å². The van der Waals surface area contributed by atoms with Crippen molar-refractivity contribution >= 4 is 12.6 Å². The molecule has 0 saturated heterocycles. The molecule has 0 aromatic carbocycles. The molecule has 2 unspecified atom stereocenters. The summed E-state index contributed by atoms with van der Waals surface area (Å²) < 4.78 is 39.6. The average molecular weight is 597 g/mol. The van der Waals surface area contributed by atoms with Crippen LogP contribution >= 0.6 is 12.6 Å². The third-order valence-corrected chi connectivity index (χ3v) is 7.54. The van der Waals surface area contributed by atoms with E-state index < -0.39 is 11.9 Å². The fourth-order valence-corrected chi connectivity index (χ4v) is 5.39. The summed E-state index contributed by atoms with van der Waals surface area (Å²) in [5, 5.41) is 0. The zero-order valence-corrected chi connectivity index (χ0v) is 28.8. The van der Waals surface area contributed by atoms with Crippen molar-refractivity contribution in [2.45, 2.75) is 149 Å². The monoisotopic (exact) mass is 596 g/mol. The van der Waals surface area contributed by atoms with Gasteiger partial charge in [-0.1, -0.05) is 90.9 Å². The molecule has 244 valence electrons. The van der Waals surface area contributed by atoms with E-state index in [2.05, 4.69) is 26.5 Å². The van der Waals surface area contributed by atoms with Gasteiger partial charge in [0.2, 0.25) is 0 Å². The first-order valence-corrected chi connectivity index (χ1v) is 16.8. The fourth-order valence-electron chi connectivity index (χ4n) is 4.98. The molecule has 0 aromatic heterocycles. The van der Waals surface area contributed by atoms with Crippen molar-refractivity contribution in [3.05, 3.63) is 0 Å². The van der Waals surface area contributed by atoms with Crippen LogP contribution in [0.15, 0.2) is 0 Å². The molecule has 0 saturated carbocycles. The zero-order chi connectivity index (χ0) is 30.5. The first kappa shape index (κ1) is 42.2. The molecule has 0 fully saturated rings. The lowest BCUT2D eigenvalue weighted by Crippen LogP contribution is -2.51. The predicted molar refractivity (Wildman–Crippen MR) is 170 cm³/mol. The highest BCUT2D eigenvalue weighted by Gasteiger charge is 2.43. The number of rotatable bonds is 28. The summed E-state index contributed by atoms with van der Waals surface area (Å²) in [6.07, 6.45) is 17.0.